The number of carbonyl (C=O) groups excluding carboxylic acids is 4. The van der Waals surface area contributed by atoms with Gasteiger partial charge in [0.2, 0.25) is 5.78 Å². The number of phenols is 2. The van der Waals surface area contributed by atoms with Crippen LogP contribution in [0.3, 0.4) is 0 Å². The molecule has 1 aliphatic carbocycles. The Bertz CT molecular complexity index is 1550. The van der Waals surface area contributed by atoms with Crippen molar-refractivity contribution in [1.29, 1.82) is 0 Å². The Kier molecular flexibility index (Phi) is 11.3. The molecule has 1 aromatic rings. The molecular weight excluding hydrogens is 594 g/mol. The molecule has 9 atom stereocenters. The number of ketones is 3. The first kappa shape index (κ1) is 36.6. The smallest absolute Gasteiger partial charge is 0.251 e. The molecule has 0 saturated heterocycles. The molecule has 0 fully saturated rings. The lowest BCUT2D eigenvalue weighted by Gasteiger charge is -2.36. The summed E-state index contributed by atoms with van der Waals surface area (Å²) in [4.78, 5) is 53.6. The predicted molar refractivity (Wildman–Crippen MR) is 170 cm³/mol. The largest absolute Gasteiger partial charge is 0.507 e. The molecule has 0 saturated carbocycles. The highest BCUT2D eigenvalue weighted by Crippen LogP contribution is 2.41. The molecule has 3 aliphatic rings. The van der Waals surface area contributed by atoms with Gasteiger partial charge in [0.15, 0.2) is 11.6 Å². The molecule has 11 nitrogen and oxygen atoms in total. The first-order valence-electron chi connectivity index (χ1n) is 15.3. The van der Waals surface area contributed by atoms with Crippen molar-refractivity contribution in [2.45, 2.75) is 79.8 Å². The summed E-state index contributed by atoms with van der Waals surface area (Å²) in [7, 11) is 0. The van der Waals surface area contributed by atoms with Crippen LogP contribution in [0, 0.1) is 36.5 Å². The van der Waals surface area contributed by atoms with E-state index >= 15 is 0 Å². The Morgan fingerprint density at radius 3 is 1.65 bits per heavy atom. The van der Waals surface area contributed by atoms with Crippen molar-refractivity contribution in [3.05, 3.63) is 69.5 Å². The maximum Gasteiger partial charge on any atom is 0.251 e. The van der Waals surface area contributed by atoms with Gasteiger partial charge in [-0.1, -0.05) is 58.9 Å². The van der Waals surface area contributed by atoms with Crippen molar-refractivity contribution in [2.24, 2.45) is 29.6 Å². The van der Waals surface area contributed by atoms with Gasteiger partial charge in [0, 0.05) is 46.8 Å². The van der Waals surface area contributed by atoms with Crippen LogP contribution >= 0.6 is 0 Å². The van der Waals surface area contributed by atoms with E-state index in [1.165, 1.54) is 39.0 Å². The van der Waals surface area contributed by atoms with Crippen LogP contribution in [0.5, 0.6) is 11.5 Å². The molecule has 0 radical (unpaired) electrons. The number of carbonyl (C=O) groups is 4. The number of nitrogens with one attached hydrogen (secondary N) is 1. The third-order valence-corrected chi connectivity index (χ3v) is 9.45. The molecule has 1 aromatic carbocycles. The summed E-state index contributed by atoms with van der Waals surface area (Å²) >= 11 is 0. The number of amides is 1. The second-order valence-electron chi connectivity index (χ2n) is 12.8. The zero-order valence-electron chi connectivity index (χ0n) is 27.4. The number of allylic oxidation sites excluding steroid dienone is 5. The lowest BCUT2D eigenvalue weighted by atomic mass is 9.77. The zero-order valence-corrected chi connectivity index (χ0v) is 27.4. The van der Waals surface area contributed by atoms with Crippen molar-refractivity contribution in [2.75, 3.05) is 0 Å². The number of hydrogen-bond acceptors (Lipinski definition) is 10. The van der Waals surface area contributed by atoms with Gasteiger partial charge < -0.3 is 36.0 Å². The van der Waals surface area contributed by atoms with Gasteiger partial charge in [0.25, 0.3) is 5.91 Å². The number of aliphatic hydroxyl groups excluding tert-OH is 4. The topological polar surface area (TPSA) is 202 Å². The highest BCUT2D eigenvalue weighted by atomic mass is 16.3. The maximum absolute atomic E-state index is 13.7. The molecule has 11 heteroatoms. The first-order valence-corrected chi connectivity index (χ1v) is 15.3. The number of Topliss-reactive ketones (excluding diaryl/α,β-unsaturated/α-hetero) is 2. The van der Waals surface area contributed by atoms with Gasteiger partial charge in [-0.25, -0.2) is 0 Å². The quantitative estimate of drug-likeness (QED) is 0.221. The third-order valence-electron chi connectivity index (χ3n) is 9.45. The van der Waals surface area contributed by atoms with E-state index in [4.69, 9.17) is 0 Å². The Morgan fingerprint density at radius 2 is 1.11 bits per heavy atom. The average Bonchev–Trinajstić information content (AvgIpc) is 3.02. The van der Waals surface area contributed by atoms with E-state index in [2.05, 4.69) is 5.32 Å². The van der Waals surface area contributed by atoms with Gasteiger partial charge in [0.05, 0.1) is 46.8 Å². The molecule has 1 amide bonds. The predicted octanol–water partition coefficient (Wildman–Crippen LogP) is 3.05. The summed E-state index contributed by atoms with van der Waals surface area (Å²) in [5.41, 5.74) is -2.08. The standard InChI is InChI=1S/C35H45NO10/c1-14-10-9-11-15(2)35(46)36-22-13-23(37)24-25(32(43)21(8)33(44)26(24)34(22)45)29(40)17(4)12-16(3)28(39)19(6)31(42)20(7)30(41)18(5)27(14)38/h9-14,16,18-20,27-28,30-31,38-39,41-44H,1-8H3,(H,36,46)/b10-9+,15-11-,17-12+/t14-,16-,18+,19+,20+,27-,28-,30+,31+/m0/s1. The molecule has 2 aliphatic heterocycles. The Morgan fingerprint density at radius 1 is 0.630 bits per heavy atom. The number of hydrogen-bond donors (Lipinski definition) is 7. The van der Waals surface area contributed by atoms with E-state index in [-0.39, 0.29) is 16.7 Å². The fourth-order valence-corrected chi connectivity index (χ4v) is 6.11. The molecule has 2 heterocycles. The molecule has 4 rings (SSSR count). The van der Waals surface area contributed by atoms with Gasteiger partial charge in [-0.2, -0.15) is 0 Å². The molecule has 0 spiro atoms. The minimum absolute atomic E-state index is 0.00428. The van der Waals surface area contributed by atoms with E-state index in [1.54, 1.807) is 40.7 Å². The van der Waals surface area contributed by atoms with Gasteiger partial charge in [-0.3, -0.25) is 19.2 Å². The third kappa shape index (κ3) is 6.92. The number of phenolic OH excluding ortho intramolecular Hbond substituents is 2. The fourth-order valence-electron chi connectivity index (χ4n) is 6.11. The number of aliphatic hydroxyl groups is 4. The van der Waals surface area contributed by atoms with E-state index in [1.807, 2.05) is 0 Å². The number of benzene rings is 1. The number of rotatable bonds is 0. The van der Waals surface area contributed by atoms with Gasteiger partial charge in [0.1, 0.15) is 11.5 Å². The fraction of sp³-hybridized carbons (Fsp3) is 0.486. The zero-order chi connectivity index (χ0) is 34.9. The second-order valence-corrected chi connectivity index (χ2v) is 12.8. The summed E-state index contributed by atoms with van der Waals surface area (Å²) in [6, 6.07) is 0. The van der Waals surface area contributed by atoms with Crippen molar-refractivity contribution in [1.82, 2.24) is 5.32 Å². The Balaban J connectivity index is 2.20. The molecule has 0 unspecified atom stereocenters. The Hall–Kier alpha value is -3.90. The number of fused-ring (bicyclic) bond motifs is 15. The summed E-state index contributed by atoms with van der Waals surface area (Å²) in [6.07, 6.45) is 2.23. The molecular formula is C35H45NO10. The van der Waals surface area contributed by atoms with Crippen LogP contribution < -0.4 is 5.32 Å². The van der Waals surface area contributed by atoms with Crippen LogP contribution in [0.4, 0.5) is 0 Å². The van der Waals surface area contributed by atoms with E-state index in [9.17, 15) is 49.8 Å². The average molecular weight is 640 g/mol. The van der Waals surface area contributed by atoms with E-state index < -0.39 is 111 Å². The summed E-state index contributed by atoms with van der Waals surface area (Å²) in [5.74, 6) is -8.28. The lowest BCUT2D eigenvalue weighted by Crippen LogP contribution is -2.45. The van der Waals surface area contributed by atoms with Crippen molar-refractivity contribution >= 4 is 23.3 Å². The lowest BCUT2D eigenvalue weighted by molar-refractivity contribution is -0.116. The summed E-state index contributed by atoms with van der Waals surface area (Å²) in [5, 5.41) is 68.4. The highest BCUT2D eigenvalue weighted by Gasteiger charge is 2.39. The Labute approximate surface area is 268 Å². The van der Waals surface area contributed by atoms with E-state index in [0.29, 0.717) is 0 Å². The van der Waals surface area contributed by atoms with Crippen molar-refractivity contribution in [3.8, 4) is 11.5 Å². The second kappa shape index (κ2) is 14.3. The van der Waals surface area contributed by atoms with Crippen LogP contribution in [0.1, 0.15) is 85.1 Å². The molecule has 4 bridgehead atoms. The summed E-state index contributed by atoms with van der Waals surface area (Å²) < 4.78 is 0. The first-order chi connectivity index (χ1) is 21.3. The van der Waals surface area contributed by atoms with E-state index in [0.717, 1.165) is 6.08 Å². The SMILES string of the molecule is C/C1=C/C=C/[C@H](C)[C@H](O)[C@@H](C)[C@@H](O)[C@@H](C)[C@H](O)[C@H](C)[C@@H](O)[C@@H](C)/C=C(\C)C(=O)c2c(O)c(C)c(O)c3c2C(=O)C=C(NC1=O)C3=O. The highest BCUT2D eigenvalue weighted by molar-refractivity contribution is 6.31. The van der Waals surface area contributed by atoms with Crippen LogP contribution in [-0.4, -0.2) is 78.3 Å². The van der Waals surface area contributed by atoms with Crippen LogP contribution in [0.2, 0.25) is 0 Å². The minimum Gasteiger partial charge on any atom is -0.507 e. The van der Waals surface area contributed by atoms with Crippen molar-refractivity contribution in [3.63, 3.8) is 0 Å². The van der Waals surface area contributed by atoms with Gasteiger partial charge in [-0.15, -0.1) is 0 Å². The van der Waals surface area contributed by atoms with Crippen LogP contribution in [0.15, 0.2) is 47.2 Å². The molecule has 250 valence electrons. The van der Waals surface area contributed by atoms with Gasteiger partial charge >= 0.3 is 0 Å². The molecule has 0 aromatic heterocycles. The van der Waals surface area contributed by atoms with Crippen molar-refractivity contribution < 1.29 is 49.8 Å². The maximum atomic E-state index is 13.7. The van der Waals surface area contributed by atoms with Crippen LogP contribution in [-0.2, 0) is 4.79 Å². The minimum atomic E-state index is -1.21. The molecule has 7 N–H and O–H groups in total. The monoisotopic (exact) mass is 639 g/mol. The van der Waals surface area contributed by atoms with Gasteiger partial charge in [-0.05, 0) is 26.3 Å². The summed E-state index contributed by atoms with van der Waals surface area (Å²) in [6.45, 7) is 12.3. The normalized spacial score (nSPS) is 35.0. The van der Waals surface area contributed by atoms with Crippen LogP contribution in [0.25, 0.3) is 0 Å². The number of aromatic hydroxyl groups is 2. The molecule has 46 heavy (non-hydrogen) atoms.